The number of hydrogen-bond donors (Lipinski definition) is 0. The van der Waals surface area contributed by atoms with E-state index in [0.717, 1.165) is 96.3 Å². The van der Waals surface area contributed by atoms with Crippen molar-refractivity contribution in [2.24, 2.45) is 0 Å². The number of rotatable bonds is 51. The van der Waals surface area contributed by atoms with Crippen molar-refractivity contribution in [1.29, 1.82) is 0 Å². The van der Waals surface area contributed by atoms with Gasteiger partial charge in [0.1, 0.15) is 13.2 Å². The van der Waals surface area contributed by atoms with Gasteiger partial charge in [0.05, 0.1) is 0 Å². The van der Waals surface area contributed by atoms with Crippen LogP contribution in [0.4, 0.5) is 0 Å². The maximum Gasteiger partial charge on any atom is 0.306 e. The average Bonchev–Trinajstić information content (AvgIpc) is 3.31. The molecule has 0 spiro atoms. The zero-order chi connectivity index (χ0) is 47.9. The maximum absolute atomic E-state index is 12.8. The smallest absolute Gasteiger partial charge is 0.306 e. The van der Waals surface area contributed by atoms with E-state index in [1.54, 1.807) is 0 Å². The lowest BCUT2D eigenvalue weighted by molar-refractivity contribution is -0.167. The molecule has 6 nitrogen and oxygen atoms in total. The first-order valence-electron chi connectivity index (χ1n) is 28.3. The lowest BCUT2D eigenvalue weighted by atomic mass is 10.1. The summed E-state index contributed by atoms with van der Waals surface area (Å²) in [6.45, 7) is 6.55. The van der Waals surface area contributed by atoms with Crippen molar-refractivity contribution in [3.8, 4) is 0 Å². The van der Waals surface area contributed by atoms with Gasteiger partial charge in [0.2, 0.25) is 0 Å². The molecule has 0 aliphatic rings. The van der Waals surface area contributed by atoms with Crippen LogP contribution in [0.2, 0.25) is 0 Å². The van der Waals surface area contributed by atoms with Gasteiger partial charge in [-0.05, 0) is 103 Å². The summed E-state index contributed by atoms with van der Waals surface area (Å²) in [5, 5.41) is 0. The van der Waals surface area contributed by atoms with Crippen LogP contribution < -0.4 is 0 Å². The highest BCUT2D eigenvalue weighted by Crippen LogP contribution is 2.15. The molecule has 0 rings (SSSR count). The number of allylic oxidation sites excluding steroid dienone is 10. The first-order valence-corrected chi connectivity index (χ1v) is 28.3. The molecule has 1 atom stereocenters. The van der Waals surface area contributed by atoms with E-state index in [2.05, 4.69) is 81.5 Å². The topological polar surface area (TPSA) is 78.9 Å². The molecule has 0 aromatic rings. The molecule has 0 aromatic carbocycles. The Morgan fingerprint density at radius 1 is 0.303 bits per heavy atom. The van der Waals surface area contributed by atoms with Crippen molar-refractivity contribution in [3.63, 3.8) is 0 Å². The van der Waals surface area contributed by atoms with Crippen molar-refractivity contribution in [2.75, 3.05) is 13.2 Å². The van der Waals surface area contributed by atoms with Gasteiger partial charge in [-0.3, -0.25) is 14.4 Å². The Kier molecular flexibility index (Phi) is 52.3. The van der Waals surface area contributed by atoms with Crippen molar-refractivity contribution < 1.29 is 28.6 Å². The molecule has 66 heavy (non-hydrogen) atoms. The fourth-order valence-electron chi connectivity index (χ4n) is 7.92. The molecule has 6 heteroatoms. The van der Waals surface area contributed by atoms with Gasteiger partial charge in [-0.2, -0.15) is 0 Å². The summed E-state index contributed by atoms with van der Waals surface area (Å²) >= 11 is 0. The van der Waals surface area contributed by atoms with Crippen LogP contribution in [0.1, 0.15) is 284 Å². The molecule has 0 aliphatic heterocycles. The molecule has 0 aliphatic carbocycles. The minimum absolute atomic E-state index is 0.0816. The maximum atomic E-state index is 12.8. The first-order chi connectivity index (χ1) is 32.5. The van der Waals surface area contributed by atoms with E-state index in [0.29, 0.717) is 19.3 Å². The Bertz CT molecular complexity index is 1200. The predicted octanol–water partition coefficient (Wildman–Crippen LogP) is 18.8. The third-order valence-electron chi connectivity index (χ3n) is 12.2. The van der Waals surface area contributed by atoms with E-state index in [4.69, 9.17) is 14.2 Å². The van der Waals surface area contributed by atoms with Crippen LogP contribution in [0, 0.1) is 0 Å². The highest BCUT2D eigenvalue weighted by molar-refractivity contribution is 5.71. The van der Waals surface area contributed by atoms with E-state index >= 15 is 0 Å². The van der Waals surface area contributed by atoms with E-state index in [9.17, 15) is 14.4 Å². The standard InChI is InChI=1S/C60H106O6/c1-4-7-10-13-16-19-22-24-25-26-27-28-29-30-31-32-33-34-35-37-38-41-44-47-50-53-59(62)65-56-57(55-64-58(61)52-49-46-43-40-21-18-15-12-9-6-3)66-60(63)54-51-48-45-42-39-36-23-20-17-14-11-8-5-2/h12,15,20,22-24,26-27,29-30,57H,4-11,13-14,16-19,21,25,28,31-56H2,1-3H3/b15-12-,23-20-,24-22-,27-26-,30-29-. The third kappa shape index (κ3) is 52.1. The molecule has 0 radical (unpaired) electrons. The van der Waals surface area contributed by atoms with Crippen LogP contribution in [0.5, 0.6) is 0 Å². The molecule has 1 unspecified atom stereocenters. The SMILES string of the molecule is CCC/C=C\CCCCCCCC(=O)OCC(COC(=O)CCCCCCCCCCCC/C=C\C/C=C\C/C=C\CCCCCCC)OC(=O)CCCCCCC/C=C\CCCCCC. The molecule has 0 saturated heterocycles. The van der Waals surface area contributed by atoms with Crippen molar-refractivity contribution >= 4 is 17.9 Å². The zero-order valence-electron chi connectivity index (χ0n) is 43.7. The molecule has 0 N–H and O–H groups in total. The van der Waals surface area contributed by atoms with Gasteiger partial charge in [0.15, 0.2) is 6.10 Å². The van der Waals surface area contributed by atoms with Gasteiger partial charge in [-0.15, -0.1) is 0 Å². The summed E-state index contributed by atoms with van der Waals surface area (Å²) in [5.41, 5.74) is 0. The Morgan fingerprint density at radius 2 is 0.576 bits per heavy atom. The molecule has 0 saturated carbocycles. The quantitative estimate of drug-likeness (QED) is 0.0262. The number of ether oxygens (including phenoxy) is 3. The summed E-state index contributed by atoms with van der Waals surface area (Å²) < 4.78 is 16.8. The molecule has 0 heterocycles. The Balaban J connectivity index is 4.23. The van der Waals surface area contributed by atoms with Crippen LogP contribution in [0.3, 0.4) is 0 Å². The van der Waals surface area contributed by atoms with Gasteiger partial charge < -0.3 is 14.2 Å². The molecular weight excluding hydrogens is 817 g/mol. The van der Waals surface area contributed by atoms with Crippen LogP contribution in [-0.2, 0) is 28.6 Å². The number of hydrogen-bond acceptors (Lipinski definition) is 6. The highest BCUT2D eigenvalue weighted by atomic mass is 16.6. The fourth-order valence-corrected chi connectivity index (χ4v) is 7.92. The Hall–Kier alpha value is -2.89. The average molecular weight is 924 g/mol. The second-order valence-electron chi connectivity index (χ2n) is 18.8. The van der Waals surface area contributed by atoms with Gasteiger partial charge in [0, 0.05) is 19.3 Å². The van der Waals surface area contributed by atoms with Crippen molar-refractivity contribution in [1.82, 2.24) is 0 Å². The lowest BCUT2D eigenvalue weighted by Crippen LogP contribution is -2.30. The fraction of sp³-hybridized carbons (Fsp3) is 0.783. The van der Waals surface area contributed by atoms with Gasteiger partial charge >= 0.3 is 17.9 Å². The third-order valence-corrected chi connectivity index (χ3v) is 12.2. The molecule has 0 amide bonds. The summed E-state index contributed by atoms with van der Waals surface area (Å²) in [4.78, 5) is 38.0. The van der Waals surface area contributed by atoms with Crippen LogP contribution in [0.25, 0.3) is 0 Å². The van der Waals surface area contributed by atoms with E-state index in [-0.39, 0.29) is 31.1 Å². The molecule has 0 aromatic heterocycles. The second-order valence-corrected chi connectivity index (χ2v) is 18.8. The number of esters is 3. The highest BCUT2D eigenvalue weighted by Gasteiger charge is 2.19. The summed E-state index contributed by atoms with van der Waals surface area (Å²) in [6, 6.07) is 0. The minimum Gasteiger partial charge on any atom is -0.462 e. The molecule has 382 valence electrons. The Morgan fingerprint density at radius 3 is 0.939 bits per heavy atom. The largest absolute Gasteiger partial charge is 0.462 e. The van der Waals surface area contributed by atoms with Gasteiger partial charge in [0.25, 0.3) is 0 Å². The summed E-state index contributed by atoms with van der Waals surface area (Å²) in [7, 11) is 0. The predicted molar refractivity (Wildman–Crippen MR) is 284 cm³/mol. The monoisotopic (exact) mass is 923 g/mol. The normalized spacial score (nSPS) is 12.5. The second kappa shape index (κ2) is 54.7. The number of carbonyl (C=O) groups is 3. The van der Waals surface area contributed by atoms with Crippen LogP contribution in [-0.4, -0.2) is 37.2 Å². The van der Waals surface area contributed by atoms with Gasteiger partial charge in [-0.1, -0.05) is 223 Å². The van der Waals surface area contributed by atoms with Crippen molar-refractivity contribution in [2.45, 2.75) is 290 Å². The molecule has 0 bridgehead atoms. The lowest BCUT2D eigenvalue weighted by Gasteiger charge is -2.18. The van der Waals surface area contributed by atoms with E-state index in [1.165, 1.54) is 148 Å². The molecule has 0 fully saturated rings. The Labute approximate surface area is 409 Å². The van der Waals surface area contributed by atoms with Gasteiger partial charge in [-0.25, -0.2) is 0 Å². The minimum atomic E-state index is -0.782. The molecular formula is C60H106O6. The number of unbranched alkanes of at least 4 members (excludes halogenated alkanes) is 30. The zero-order valence-corrected chi connectivity index (χ0v) is 43.7. The number of carbonyl (C=O) groups excluding carboxylic acids is 3. The summed E-state index contributed by atoms with van der Waals surface area (Å²) in [6.07, 6.45) is 67.9. The van der Waals surface area contributed by atoms with Crippen LogP contribution in [0.15, 0.2) is 60.8 Å². The van der Waals surface area contributed by atoms with Crippen molar-refractivity contribution in [3.05, 3.63) is 60.8 Å². The van der Waals surface area contributed by atoms with E-state index in [1.807, 2.05) is 0 Å². The summed E-state index contributed by atoms with van der Waals surface area (Å²) in [5.74, 6) is -0.899. The first kappa shape index (κ1) is 63.1. The van der Waals surface area contributed by atoms with Crippen LogP contribution >= 0.6 is 0 Å². The van der Waals surface area contributed by atoms with E-state index < -0.39 is 6.10 Å².